The zero-order chi connectivity index (χ0) is 19.8. The van der Waals surface area contributed by atoms with Crippen molar-refractivity contribution in [2.24, 2.45) is 0 Å². The molecule has 9 heteroatoms. The van der Waals surface area contributed by atoms with Crippen LogP contribution in [0.5, 0.6) is 0 Å². The lowest BCUT2D eigenvalue weighted by Gasteiger charge is -2.08. The smallest absolute Gasteiger partial charge is 0.358 e. The van der Waals surface area contributed by atoms with Gasteiger partial charge in [0.25, 0.3) is 0 Å². The van der Waals surface area contributed by atoms with Crippen molar-refractivity contribution in [1.29, 1.82) is 0 Å². The Morgan fingerprint density at radius 2 is 1.63 bits per heavy atom. The van der Waals surface area contributed by atoms with Crippen molar-refractivity contribution in [2.75, 3.05) is 25.1 Å². The van der Waals surface area contributed by atoms with Crippen LogP contribution in [0, 0.1) is 0 Å². The standard InChI is InChI=1S/C18H21N3O6/c1-4-25-16(22)13(17(23)26-5-2)9-19-12-7-8-15-20-14(11-21(15)10-12)18(24)27-6-3/h7-11,19H,4-6H2,1-3H3. The minimum atomic E-state index is -0.781. The van der Waals surface area contributed by atoms with Crippen molar-refractivity contribution in [3.63, 3.8) is 0 Å². The molecule has 0 saturated heterocycles. The van der Waals surface area contributed by atoms with Gasteiger partial charge in [0, 0.05) is 18.6 Å². The van der Waals surface area contributed by atoms with E-state index in [1.54, 1.807) is 43.5 Å². The summed E-state index contributed by atoms with van der Waals surface area (Å²) in [5, 5.41) is 2.85. The number of esters is 3. The number of nitrogens with one attached hydrogen (secondary N) is 1. The molecule has 0 aliphatic rings. The largest absolute Gasteiger partial charge is 0.462 e. The maximum atomic E-state index is 11.9. The van der Waals surface area contributed by atoms with Crippen LogP contribution in [0.15, 0.2) is 36.3 Å². The van der Waals surface area contributed by atoms with Crippen molar-refractivity contribution < 1.29 is 28.6 Å². The molecule has 0 amide bonds. The van der Waals surface area contributed by atoms with E-state index >= 15 is 0 Å². The number of aromatic nitrogens is 2. The Labute approximate surface area is 155 Å². The van der Waals surface area contributed by atoms with Gasteiger partial charge in [-0.05, 0) is 32.9 Å². The Morgan fingerprint density at radius 3 is 2.22 bits per heavy atom. The van der Waals surface area contributed by atoms with Gasteiger partial charge >= 0.3 is 17.9 Å². The fourth-order valence-electron chi connectivity index (χ4n) is 2.15. The number of imidazole rings is 1. The number of fused-ring (bicyclic) bond motifs is 1. The predicted octanol–water partition coefficient (Wildman–Crippen LogP) is 1.93. The van der Waals surface area contributed by atoms with Gasteiger partial charge in [-0.25, -0.2) is 19.4 Å². The van der Waals surface area contributed by atoms with Crippen molar-refractivity contribution in [3.8, 4) is 0 Å². The van der Waals surface area contributed by atoms with Gasteiger partial charge in [0.1, 0.15) is 5.65 Å². The molecule has 0 fully saturated rings. The molecular weight excluding hydrogens is 354 g/mol. The zero-order valence-corrected chi connectivity index (χ0v) is 15.4. The summed E-state index contributed by atoms with van der Waals surface area (Å²) in [7, 11) is 0. The van der Waals surface area contributed by atoms with Crippen molar-refractivity contribution in [2.45, 2.75) is 20.8 Å². The van der Waals surface area contributed by atoms with Crippen LogP contribution in [0.4, 0.5) is 5.69 Å². The van der Waals surface area contributed by atoms with E-state index in [0.717, 1.165) is 0 Å². The number of pyridine rings is 1. The van der Waals surface area contributed by atoms with Crippen molar-refractivity contribution in [1.82, 2.24) is 9.38 Å². The van der Waals surface area contributed by atoms with Gasteiger partial charge in [0.05, 0.1) is 25.5 Å². The SMILES string of the molecule is CCOC(=O)C(=CNc1ccc2nc(C(=O)OCC)cn2c1)C(=O)OCC. The summed E-state index contributed by atoms with van der Waals surface area (Å²) < 4.78 is 16.3. The number of ether oxygens (including phenoxy) is 3. The van der Waals surface area contributed by atoms with E-state index in [1.165, 1.54) is 12.4 Å². The van der Waals surface area contributed by atoms with Crippen LogP contribution >= 0.6 is 0 Å². The molecule has 9 nitrogen and oxygen atoms in total. The third-order valence-corrected chi connectivity index (χ3v) is 3.31. The molecule has 0 bridgehead atoms. The van der Waals surface area contributed by atoms with E-state index < -0.39 is 17.9 Å². The lowest BCUT2D eigenvalue weighted by atomic mass is 10.3. The van der Waals surface area contributed by atoms with E-state index in [4.69, 9.17) is 14.2 Å². The molecule has 0 aliphatic carbocycles. The Hall–Kier alpha value is -3.36. The molecule has 0 spiro atoms. The van der Waals surface area contributed by atoms with Crippen LogP contribution in [0.2, 0.25) is 0 Å². The number of carbonyl (C=O) groups is 3. The van der Waals surface area contributed by atoms with Crippen molar-refractivity contribution >= 4 is 29.2 Å². The Morgan fingerprint density at radius 1 is 1.00 bits per heavy atom. The number of hydrogen-bond acceptors (Lipinski definition) is 8. The maximum Gasteiger partial charge on any atom is 0.358 e. The molecule has 2 aromatic heterocycles. The van der Waals surface area contributed by atoms with Crippen LogP contribution in [-0.4, -0.2) is 47.1 Å². The summed E-state index contributed by atoms with van der Waals surface area (Å²) in [6.07, 6.45) is 4.40. The molecule has 1 N–H and O–H groups in total. The fourth-order valence-corrected chi connectivity index (χ4v) is 2.15. The Bertz CT molecular complexity index is 851. The van der Waals surface area contributed by atoms with Crippen LogP contribution in [0.25, 0.3) is 5.65 Å². The third-order valence-electron chi connectivity index (χ3n) is 3.31. The second-order valence-electron chi connectivity index (χ2n) is 5.17. The molecule has 2 aromatic rings. The summed E-state index contributed by atoms with van der Waals surface area (Å²) in [5.74, 6) is -2.07. The monoisotopic (exact) mass is 375 g/mol. The summed E-state index contributed by atoms with van der Waals surface area (Å²) in [5.41, 5.74) is 1.03. The Balaban J connectivity index is 2.24. The maximum absolute atomic E-state index is 11.9. The zero-order valence-electron chi connectivity index (χ0n) is 15.4. The summed E-state index contributed by atoms with van der Waals surface area (Å²) in [6.45, 7) is 5.52. The van der Waals surface area contributed by atoms with Gasteiger partial charge in [0.2, 0.25) is 0 Å². The van der Waals surface area contributed by atoms with E-state index in [1.807, 2.05) is 0 Å². The highest BCUT2D eigenvalue weighted by Crippen LogP contribution is 2.13. The molecule has 0 aliphatic heterocycles. The van der Waals surface area contributed by atoms with Gasteiger partial charge in [-0.3, -0.25) is 0 Å². The number of nitrogens with zero attached hydrogens (tertiary/aromatic N) is 2. The first-order valence-electron chi connectivity index (χ1n) is 8.46. The predicted molar refractivity (Wildman–Crippen MR) is 96.1 cm³/mol. The van der Waals surface area contributed by atoms with Crippen LogP contribution in [0.1, 0.15) is 31.3 Å². The average molecular weight is 375 g/mol. The molecule has 0 saturated carbocycles. The minimum Gasteiger partial charge on any atom is -0.462 e. The minimum absolute atomic E-state index is 0.132. The average Bonchev–Trinajstić information content (AvgIpc) is 3.06. The fraction of sp³-hybridized carbons (Fsp3) is 0.333. The first-order chi connectivity index (χ1) is 13.0. The quantitative estimate of drug-likeness (QED) is 0.245. The van der Waals surface area contributed by atoms with E-state index in [2.05, 4.69) is 10.3 Å². The highest BCUT2D eigenvalue weighted by Gasteiger charge is 2.21. The molecule has 0 atom stereocenters. The van der Waals surface area contributed by atoms with Gasteiger partial charge < -0.3 is 23.9 Å². The van der Waals surface area contributed by atoms with E-state index in [9.17, 15) is 14.4 Å². The topological polar surface area (TPSA) is 108 Å². The van der Waals surface area contributed by atoms with Crippen molar-refractivity contribution in [3.05, 3.63) is 42.0 Å². The molecule has 2 rings (SSSR count). The van der Waals surface area contributed by atoms with Crippen LogP contribution in [0.3, 0.4) is 0 Å². The molecular formula is C18H21N3O6. The Kier molecular flexibility index (Phi) is 6.93. The normalized spacial score (nSPS) is 10.2. The first-order valence-corrected chi connectivity index (χ1v) is 8.46. The molecule has 144 valence electrons. The number of anilines is 1. The molecule has 0 unspecified atom stereocenters. The third kappa shape index (κ3) is 5.06. The first kappa shape index (κ1) is 20.0. The van der Waals surface area contributed by atoms with Gasteiger partial charge in [0.15, 0.2) is 11.3 Å². The molecule has 2 heterocycles. The second kappa shape index (κ2) is 9.37. The van der Waals surface area contributed by atoms with Gasteiger partial charge in [-0.15, -0.1) is 0 Å². The molecule has 0 radical (unpaired) electrons. The number of hydrogen-bond donors (Lipinski definition) is 1. The van der Waals surface area contributed by atoms with Gasteiger partial charge in [-0.2, -0.15) is 0 Å². The number of carbonyl (C=O) groups excluding carboxylic acids is 3. The summed E-state index contributed by atoms with van der Waals surface area (Å²) in [4.78, 5) is 39.8. The van der Waals surface area contributed by atoms with Crippen LogP contribution in [-0.2, 0) is 23.8 Å². The molecule has 27 heavy (non-hydrogen) atoms. The molecule has 0 aromatic carbocycles. The highest BCUT2D eigenvalue weighted by molar-refractivity contribution is 6.14. The second-order valence-corrected chi connectivity index (χ2v) is 5.17. The summed E-state index contributed by atoms with van der Waals surface area (Å²) in [6, 6.07) is 3.36. The summed E-state index contributed by atoms with van der Waals surface area (Å²) >= 11 is 0. The van der Waals surface area contributed by atoms with Crippen LogP contribution < -0.4 is 5.32 Å². The van der Waals surface area contributed by atoms with E-state index in [0.29, 0.717) is 11.3 Å². The van der Waals surface area contributed by atoms with E-state index in [-0.39, 0.29) is 31.1 Å². The highest BCUT2D eigenvalue weighted by atomic mass is 16.6. The lowest BCUT2D eigenvalue weighted by molar-refractivity contribution is -0.146. The van der Waals surface area contributed by atoms with Gasteiger partial charge in [-0.1, -0.05) is 0 Å². The lowest BCUT2D eigenvalue weighted by Crippen LogP contribution is -2.19. The number of rotatable bonds is 8.